The van der Waals surface area contributed by atoms with Crippen molar-refractivity contribution in [2.75, 3.05) is 18.6 Å². The maximum Gasteiger partial charge on any atom is 0.246 e. The second-order valence-electron chi connectivity index (χ2n) is 6.74. The first-order valence-corrected chi connectivity index (χ1v) is 8.69. The summed E-state index contributed by atoms with van der Waals surface area (Å²) in [6.07, 6.45) is 3.62. The number of thioether (sulfide) groups is 1. The van der Waals surface area contributed by atoms with Crippen molar-refractivity contribution < 1.29 is 9.59 Å². The van der Waals surface area contributed by atoms with Crippen molar-refractivity contribution in [2.45, 2.75) is 59.0 Å². The fraction of sp³-hybridized carbons (Fsp3) is 0.867. The first-order chi connectivity index (χ1) is 9.18. The highest BCUT2D eigenvalue weighted by molar-refractivity contribution is 7.98. The van der Waals surface area contributed by atoms with Crippen molar-refractivity contribution in [1.82, 2.24) is 10.2 Å². The smallest absolute Gasteiger partial charge is 0.246 e. The molecule has 0 aliphatic carbocycles. The molecule has 0 aromatic heterocycles. The topological polar surface area (TPSA) is 49.4 Å². The van der Waals surface area contributed by atoms with Gasteiger partial charge in [0.2, 0.25) is 11.8 Å². The number of carbonyl (C=O) groups excluding carboxylic acids is 2. The summed E-state index contributed by atoms with van der Waals surface area (Å²) in [5, 5.41) is 2.93. The summed E-state index contributed by atoms with van der Waals surface area (Å²) in [4.78, 5) is 27.1. The van der Waals surface area contributed by atoms with Gasteiger partial charge in [0, 0.05) is 6.54 Å². The highest BCUT2D eigenvalue weighted by Crippen LogP contribution is 2.31. The monoisotopic (exact) mass is 300 g/mol. The largest absolute Gasteiger partial charge is 0.342 e. The van der Waals surface area contributed by atoms with Crippen LogP contribution in [-0.2, 0) is 9.59 Å². The molecule has 2 atom stereocenters. The van der Waals surface area contributed by atoms with Gasteiger partial charge >= 0.3 is 0 Å². The molecule has 0 aromatic rings. The quantitative estimate of drug-likeness (QED) is 0.793. The zero-order valence-electron chi connectivity index (χ0n) is 13.6. The first-order valence-electron chi connectivity index (χ1n) is 7.30. The molecule has 0 bridgehead atoms. The van der Waals surface area contributed by atoms with Crippen LogP contribution in [0.25, 0.3) is 0 Å². The van der Waals surface area contributed by atoms with Crippen molar-refractivity contribution in [3.8, 4) is 0 Å². The predicted molar refractivity (Wildman–Crippen MR) is 84.8 cm³/mol. The van der Waals surface area contributed by atoms with Crippen LogP contribution in [0.5, 0.6) is 0 Å². The Balaban J connectivity index is 3.02. The van der Waals surface area contributed by atoms with Gasteiger partial charge in [0.05, 0.1) is 0 Å². The van der Waals surface area contributed by atoms with Crippen LogP contribution in [0.2, 0.25) is 0 Å². The molecule has 20 heavy (non-hydrogen) atoms. The Morgan fingerprint density at radius 2 is 1.95 bits per heavy atom. The molecule has 2 unspecified atom stereocenters. The molecule has 1 N–H and O–H groups in total. The predicted octanol–water partition coefficient (Wildman–Crippen LogP) is 2.28. The average molecular weight is 300 g/mol. The zero-order chi connectivity index (χ0) is 15.6. The standard InChI is InChI=1S/C15H28N2O2S/c1-7-15(5)13(19)16-11(14(2,3)4)12(18)17(15)9-8-10-20-6/h11H,7-10H2,1-6H3,(H,16,19). The molecule has 1 saturated heterocycles. The van der Waals surface area contributed by atoms with Gasteiger partial charge in [-0.3, -0.25) is 9.59 Å². The van der Waals surface area contributed by atoms with Gasteiger partial charge in [-0.2, -0.15) is 11.8 Å². The molecule has 0 aromatic carbocycles. The molecule has 1 rings (SSSR count). The maximum absolute atomic E-state index is 12.8. The van der Waals surface area contributed by atoms with Crippen molar-refractivity contribution in [3.63, 3.8) is 0 Å². The minimum atomic E-state index is -0.711. The van der Waals surface area contributed by atoms with Crippen LogP contribution < -0.4 is 5.32 Å². The van der Waals surface area contributed by atoms with E-state index in [4.69, 9.17) is 0 Å². The molecular formula is C15H28N2O2S. The van der Waals surface area contributed by atoms with Gasteiger partial charge in [-0.1, -0.05) is 27.7 Å². The Morgan fingerprint density at radius 1 is 1.35 bits per heavy atom. The lowest BCUT2D eigenvalue weighted by Crippen LogP contribution is -2.71. The molecule has 0 spiro atoms. The minimum absolute atomic E-state index is 0.0244. The Kier molecular flexibility index (Phi) is 5.53. The number of nitrogens with zero attached hydrogens (tertiary/aromatic N) is 1. The van der Waals surface area contributed by atoms with Crippen LogP contribution >= 0.6 is 11.8 Å². The van der Waals surface area contributed by atoms with Crippen molar-refractivity contribution >= 4 is 23.6 Å². The number of hydrogen-bond acceptors (Lipinski definition) is 3. The summed E-state index contributed by atoms with van der Waals surface area (Å²) < 4.78 is 0. The lowest BCUT2D eigenvalue weighted by atomic mass is 9.80. The van der Waals surface area contributed by atoms with E-state index in [1.54, 1.807) is 16.7 Å². The van der Waals surface area contributed by atoms with E-state index in [1.165, 1.54) is 0 Å². The number of piperazine rings is 1. The summed E-state index contributed by atoms with van der Waals surface area (Å²) in [5.74, 6) is 1.04. The van der Waals surface area contributed by atoms with Crippen LogP contribution in [0.3, 0.4) is 0 Å². The molecular weight excluding hydrogens is 272 g/mol. The molecule has 2 amide bonds. The SMILES string of the molecule is CCC1(C)C(=O)NC(C(C)(C)C)C(=O)N1CCCSC. The molecule has 1 heterocycles. The summed E-state index contributed by atoms with van der Waals surface area (Å²) in [5.41, 5.74) is -0.975. The molecule has 116 valence electrons. The van der Waals surface area contributed by atoms with Gasteiger partial charge in [-0.15, -0.1) is 0 Å². The molecule has 0 radical (unpaired) electrons. The number of amides is 2. The molecule has 1 aliphatic rings. The van der Waals surface area contributed by atoms with E-state index >= 15 is 0 Å². The van der Waals surface area contributed by atoms with Crippen molar-refractivity contribution in [1.29, 1.82) is 0 Å². The third kappa shape index (κ3) is 3.30. The van der Waals surface area contributed by atoms with Crippen LogP contribution in [0.15, 0.2) is 0 Å². The van der Waals surface area contributed by atoms with Gasteiger partial charge in [-0.25, -0.2) is 0 Å². The van der Waals surface area contributed by atoms with E-state index in [-0.39, 0.29) is 17.2 Å². The molecule has 5 heteroatoms. The van der Waals surface area contributed by atoms with Crippen molar-refractivity contribution in [3.05, 3.63) is 0 Å². The fourth-order valence-corrected chi connectivity index (χ4v) is 2.95. The highest BCUT2D eigenvalue weighted by Gasteiger charge is 2.50. The fourth-order valence-electron chi connectivity index (χ4n) is 2.53. The average Bonchev–Trinajstić information content (AvgIpc) is 2.36. The van der Waals surface area contributed by atoms with E-state index in [1.807, 2.05) is 34.6 Å². The maximum atomic E-state index is 12.8. The van der Waals surface area contributed by atoms with Gasteiger partial charge in [0.15, 0.2) is 0 Å². The summed E-state index contributed by atoms with van der Waals surface area (Å²) in [6, 6.07) is -0.427. The Bertz CT molecular complexity index is 379. The normalized spacial score (nSPS) is 27.7. The minimum Gasteiger partial charge on any atom is -0.342 e. The third-order valence-electron chi connectivity index (χ3n) is 4.16. The molecule has 4 nitrogen and oxygen atoms in total. The number of carbonyl (C=O) groups is 2. The highest BCUT2D eigenvalue weighted by atomic mass is 32.2. The van der Waals surface area contributed by atoms with E-state index in [2.05, 4.69) is 11.6 Å². The van der Waals surface area contributed by atoms with Crippen LogP contribution in [0, 0.1) is 5.41 Å². The van der Waals surface area contributed by atoms with E-state index < -0.39 is 11.6 Å². The van der Waals surface area contributed by atoms with E-state index in [0.29, 0.717) is 13.0 Å². The lowest BCUT2D eigenvalue weighted by Gasteiger charge is -2.49. The second-order valence-corrected chi connectivity index (χ2v) is 7.72. The lowest BCUT2D eigenvalue weighted by molar-refractivity contribution is -0.159. The Morgan fingerprint density at radius 3 is 2.40 bits per heavy atom. The molecule has 1 aliphatic heterocycles. The first kappa shape index (κ1) is 17.3. The number of nitrogens with one attached hydrogen (secondary N) is 1. The van der Waals surface area contributed by atoms with Gasteiger partial charge in [0.1, 0.15) is 11.6 Å². The number of hydrogen-bond donors (Lipinski definition) is 1. The van der Waals surface area contributed by atoms with E-state index in [0.717, 1.165) is 12.2 Å². The van der Waals surface area contributed by atoms with Crippen LogP contribution in [-0.4, -0.2) is 46.8 Å². The van der Waals surface area contributed by atoms with Gasteiger partial charge in [-0.05, 0) is 37.2 Å². The zero-order valence-corrected chi connectivity index (χ0v) is 14.4. The van der Waals surface area contributed by atoms with Gasteiger partial charge < -0.3 is 10.2 Å². The van der Waals surface area contributed by atoms with E-state index in [9.17, 15) is 9.59 Å². The second kappa shape index (κ2) is 6.37. The number of rotatable bonds is 5. The van der Waals surface area contributed by atoms with Crippen molar-refractivity contribution in [2.24, 2.45) is 5.41 Å². The Labute approximate surface area is 127 Å². The van der Waals surface area contributed by atoms with Gasteiger partial charge in [0.25, 0.3) is 0 Å². The summed E-state index contributed by atoms with van der Waals surface area (Å²) in [6.45, 7) is 10.5. The van der Waals surface area contributed by atoms with Crippen LogP contribution in [0.1, 0.15) is 47.5 Å². The molecule has 0 saturated carbocycles. The summed E-state index contributed by atoms with van der Waals surface area (Å²) in [7, 11) is 0. The summed E-state index contributed by atoms with van der Waals surface area (Å²) >= 11 is 1.77. The molecule has 1 fully saturated rings. The Hall–Kier alpha value is -0.710. The van der Waals surface area contributed by atoms with Crippen LogP contribution in [0.4, 0.5) is 0 Å². The third-order valence-corrected chi connectivity index (χ3v) is 4.85.